The highest BCUT2D eigenvalue weighted by molar-refractivity contribution is 7.98. The Morgan fingerprint density at radius 3 is 2.28 bits per heavy atom. The molecule has 0 saturated carbocycles. The quantitative estimate of drug-likeness (QED) is 0.201. The summed E-state index contributed by atoms with van der Waals surface area (Å²) in [5.74, 6) is -4.39. The average molecular weight is 532 g/mol. The molecule has 196 valence electrons. The number of ether oxygens (including phenoxy) is 2. The van der Waals surface area contributed by atoms with Crippen molar-refractivity contribution in [1.82, 2.24) is 14.9 Å². The van der Waals surface area contributed by atoms with Crippen molar-refractivity contribution in [2.24, 2.45) is 5.92 Å². The number of amides is 1. The van der Waals surface area contributed by atoms with Gasteiger partial charge in [-0.2, -0.15) is 23.1 Å². The first-order chi connectivity index (χ1) is 16.6. The molecule has 36 heavy (non-hydrogen) atoms. The number of aromatic nitrogens is 2. The Morgan fingerprint density at radius 1 is 1.19 bits per heavy atom. The number of carbonyl (C=O) groups is 2. The zero-order valence-electron chi connectivity index (χ0n) is 19.8. The van der Waals surface area contributed by atoms with E-state index < -0.39 is 57.8 Å². The monoisotopic (exact) mass is 532 g/mol. The van der Waals surface area contributed by atoms with Crippen LogP contribution in [0.25, 0.3) is 0 Å². The van der Waals surface area contributed by atoms with E-state index >= 15 is 0 Å². The van der Waals surface area contributed by atoms with Crippen molar-refractivity contribution in [2.45, 2.75) is 37.7 Å². The van der Waals surface area contributed by atoms with E-state index in [1.54, 1.807) is 13.8 Å². The van der Waals surface area contributed by atoms with Crippen LogP contribution in [0, 0.1) is 16.0 Å². The first-order valence-corrected chi connectivity index (χ1v) is 11.5. The van der Waals surface area contributed by atoms with E-state index in [1.807, 2.05) is 0 Å². The zero-order chi connectivity index (χ0) is 27.4. The first-order valence-electron chi connectivity index (χ1n) is 10.3. The summed E-state index contributed by atoms with van der Waals surface area (Å²) in [5.41, 5.74) is -2.60. The molecule has 0 aliphatic heterocycles. The fourth-order valence-corrected chi connectivity index (χ4v) is 3.22. The molecule has 1 aromatic heterocycles. The summed E-state index contributed by atoms with van der Waals surface area (Å²) in [6.45, 7) is 3.44. The molecule has 1 unspecified atom stereocenters. The summed E-state index contributed by atoms with van der Waals surface area (Å²) >= 11 is 0.904. The van der Waals surface area contributed by atoms with Crippen molar-refractivity contribution in [3.63, 3.8) is 0 Å². The number of carboxylic acid groups (broad SMARTS) is 1. The topological polar surface area (TPSA) is 145 Å². The van der Waals surface area contributed by atoms with Crippen molar-refractivity contribution >= 4 is 29.3 Å². The molecule has 0 aliphatic rings. The second kappa shape index (κ2) is 11.4. The summed E-state index contributed by atoms with van der Waals surface area (Å²) in [7, 11) is 2.67. The Balaban J connectivity index is 2.68. The number of rotatable bonds is 10. The number of benzene rings is 1. The number of aliphatic carboxylic acids is 1. The molecule has 0 bridgehead atoms. The lowest BCUT2D eigenvalue weighted by molar-refractivity contribution is -0.387. The van der Waals surface area contributed by atoms with Gasteiger partial charge in [-0.3, -0.25) is 14.9 Å². The van der Waals surface area contributed by atoms with Crippen LogP contribution in [0.3, 0.4) is 0 Å². The molecular weight excluding hydrogens is 509 g/mol. The Hall–Kier alpha value is -3.62. The van der Waals surface area contributed by atoms with E-state index in [9.17, 15) is 38.0 Å². The summed E-state index contributed by atoms with van der Waals surface area (Å²) in [6.07, 6.45) is -4.86. The maximum Gasteiger partial charge on any atom is 0.416 e. The van der Waals surface area contributed by atoms with Crippen LogP contribution in [0.1, 0.15) is 36.2 Å². The third-order valence-corrected chi connectivity index (χ3v) is 5.03. The zero-order valence-corrected chi connectivity index (χ0v) is 20.6. The highest BCUT2D eigenvalue weighted by Crippen LogP contribution is 2.40. The van der Waals surface area contributed by atoms with Crippen LogP contribution < -0.4 is 9.47 Å². The lowest BCUT2D eigenvalue weighted by Crippen LogP contribution is -2.29. The fraction of sp³-hybridized carbons (Fsp3) is 0.429. The second-order valence-electron chi connectivity index (χ2n) is 8.05. The van der Waals surface area contributed by atoms with E-state index in [4.69, 9.17) is 9.47 Å². The largest absolute Gasteiger partial charge is 0.479 e. The third-order valence-electron chi connectivity index (χ3n) is 4.48. The molecule has 0 radical (unpaired) electrons. The van der Waals surface area contributed by atoms with Crippen LogP contribution in [0.4, 0.5) is 18.9 Å². The minimum atomic E-state index is -4.86. The van der Waals surface area contributed by atoms with E-state index in [0.29, 0.717) is 12.1 Å². The molecule has 1 N–H and O–H groups in total. The van der Waals surface area contributed by atoms with Gasteiger partial charge in [-0.25, -0.2) is 4.79 Å². The Bertz CT molecular complexity index is 1160. The molecule has 2 aromatic rings. The van der Waals surface area contributed by atoms with Gasteiger partial charge >= 0.3 is 29.6 Å². The minimum absolute atomic E-state index is 0.00901. The maximum absolute atomic E-state index is 13.5. The number of carboxylic acids is 1. The number of halogens is 3. The van der Waals surface area contributed by atoms with Gasteiger partial charge in [0.1, 0.15) is 5.75 Å². The maximum atomic E-state index is 13.5. The molecule has 2 rings (SSSR count). The molecule has 0 fully saturated rings. The molecule has 1 atom stereocenters. The molecule has 1 aromatic carbocycles. The fourth-order valence-electron chi connectivity index (χ4n) is 2.87. The summed E-state index contributed by atoms with van der Waals surface area (Å²) < 4.78 is 51.1. The van der Waals surface area contributed by atoms with E-state index in [0.717, 1.165) is 22.7 Å². The van der Waals surface area contributed by atoms with Gasteiger partial charge in [0.15, 0.2) is 11.3 Å². The van der Waals surface area contributed by atoms with Gasteiger partial charge in [0.25, 0.3) is 5.91 Å². The number of hydrogen-bond acceptors (Lipinski definition) is 9. The number of hydrogen-bond donors (Lipinski definition) is 1. The molecule has 1 heterocycles. The van der Waals surface area contributed by atoms with Crippen LogP contribution in [-0.2, 0) is 11.0 Å². The normalized spacial score (nSPS) is 12.2. The number of nitro groups is 1. The van der Waals surface area contributed by atoms with Crippen LogP contribution in [0.2, 0.25) is 0 Å². The summed E-state index contributed by atoms with van der Waals surface area (Å²) in [5, 5.41) is 21.2. The van der Waals surface area contributed by atoms with E-state index in [1.165, 1.54) is 20.4 Å². The molecule has 0 saturated heterocycles. The Labute approximate surface area is 207 Å². The lowest BCUT2D eigenvalue weighted by atomic mass is 10.1. The van der Waals surface area contributed by atoms with Crippen LogP contribution in [-0.4, -0.2) is 63.2 Å². The number of carbonyl (C=O) groups excluding carboxylic acids is 1. The van der Waals surface area contributed by atoms with Crippen molar-refractivity contribution in [1.29, 1.82) is 0 Å². The summed E-state index contributed by atoms with van der Waals surface area (Å²) in [6, 6.07) is 2.15. The van der Waals surface area contributed by atoms with Gasteiger partial charge in [0.2, 0.25) is 0 Å². The average Bonchev–Trinajstić information content (AvgIpc) is 2.76. The Morgan fingerprint density at radius 2 is 1.81 bits per heavy atom. The molecule has 15 heteroatoms. The second-order valence-corrected chi connectivity index (χ2v) is 8.82. The van der Waals surface area contributed by atoms with Gasteiger partial charge in [-0.1, -0.05) is 25.6 Å². The van der Waals surface area contributed by atoms with Gasteiger partial charge in [0.05, 0.1) is 10.5 Å². The number of alkyl halides is 3. The molecule has 11 nitrogen and oxygen atoms in total. The van der Waals surface area contributed by atoms with Crippen molar-refractivity contribution in [3.05, 3.63) is 39.4 Å². The molecule has 0 aliphatic carbocycles. The SMILES string of the molecule is CSc1nc(Oc2cc(C(=O)N(C)C)cc(C(F)(F)F)c2)c([N+](=O)[O-])c(OC(CC(C)C)C(=O)O)n1. The van der Waals surface area contributed by atoms with E-state index in [2.05, 4.69) is 9.97 Å². The minimum Gasteiger partial charge on any atom is -0.479 e. The van der Waals surface area contributed by atoms with E-state index in [-0.39, 0.29) is 23.1 Å². The van der Waals surface area contributed by atoms with Crippen molar-refractivity contribution < 1.29 is 42.3 Å². The van der Waals surface area contributed by atoms with Crippen LogP contribution in [0.5, 0.6) is 17.5 Å². The summed E-state index contributed by atoms with van der Waals surface area (Å²) in [4.78, 5) is 43.6. The predicted octanol–water partition coefficient (Wildman–Crippen LogP) is 4.50. The van der Waals surface area contributed by atoms with Gasteiger partial charge in [-0.05, 0) is 36.8 Å². The van der Waals surface area contributed by atoms with Crippen LogP contribution >= 0.6 is 11.8 Å². The third kappa shape index (κ3) is 7.19. The Kier molecular flexibility index (Phi) is 9.07. The van der Waals surface area contributed by atoms with Gasteiger partial charge in [-0.15, -0.1) is 0 Å². The first kappa shape index (κ1) is 28.6. The smallest absolute Gasteiger partial charge is 0.416 e. The molecule has 0 spiro atoms. The lowest BCUT2D eigenvalue weighted by Gasteiger charge is -2.18. The highest BCUT2D eigenvalue weighted by Gasteiger charge is 2.35. The molecule has 1 amide bonds. The standard InChI is InChI=1S/C21H23F3N4O7S/c1-10(2)6-14(19(30)31)35-17-15(28(32)33)16(25-20(26-17)36-5)34-13-8-11(18(29)27(3)4)7-12(9-13)21(22,23)24/h7-10,14H,6H2,1-5H3,(H,30,31). The van der Waals surface area contributed by atoms with Crippen molar-refractivity contribution in [3.8, 4) is 17.5 Å². The molecular formula is C21H23F3N4O7S. The number of thioether (sulfide) groups is 1. The highest BCUT2D eigenvalue weighted by atomic mass is 32.2. The number of nitrogens with zero attached hydrogens (tertiary/aromatic N) is 4. The predicted molar refractivity (Wildman–Crippen MR) is 122 cm³/mol. The van der Waals surface area contributed by atoms with Crippen molar-refractivity contribution in [2.75, 3.05) is 20.4 Å². The van der Waals surface area contributed by atoms with Crippen LogP contribution in [0.15, 0.2) is 23.4 Å². The van der Waals surface area contributed by atoms with Gasteiger partial charge < -0.3 is 19.5 Å². The van der Waals surface area contributed by atoms with Gasteiger partial charge in [0, 0.05) is 19.7 Å².